The van der Waals surface area contributed by atoms with E-state index in [1.165, 1.54) is 78.4 Å². The van der Waals surface area contributed by atoms with E-state index in [1.807, 2.05) is 58.3 Å². The summed E-state index contributed by atoms with van der Waals surface area (Å²) in [5.41, 5.74) is 1.93. The van der Waals surface area contributed by atoms with Crippen LogP contribution >= 0.6 is 23.2 Å². The molecule has 2 aliphatic carbocycles. The number of hydrogen-bond acceptors (Lipinski definition) is 12. The number of alkyl carbamates (subject to hydrolysis) is 2. The van der Waals surface area contributed by atoms with Gasteiger partial charge in [-0.2, -0.15) is 0 Å². The van der Waals surface area contributed by atoms with Crippen molar-refractivity contribution < 1.29 is 57.8 Å². The van der Waals surface area contributed by atoms with Crippen LogP contribution in [0, 0.1) is 47.3 Å². The van der Waals surface area contributed by atoms with Gasteiger partial charge in [0.1, 0.15) is 0 Å². The normalized spacial score (nSPS) is 25.7. The van der Waals surface area contributed by atoms with Crippen LogP contribution in [-0.4, -0.2) is 148 Å². The van der Waals surface area contributed by atoms with Gasteiger partial charge in [-0.1, -0.05) is 126 Å². The van der Waals surface area contributed by atoms with Gasteiger partial charge in [0.25, 0.3) is 0 Å². The number of halogens is 2. The van der Waals surface area contributed by atoms with Gasteiger partial charge in [0, 0.05) is 86.5 Å². The first kappa shape index (κ1) is 65.8. The molecule has 0 radical (unpaired) electrons. The van der Waals surface area contributed by atoms with Crippen molar-refractivity contribution in [1.82, 2.24) is 20.4 Å². The van der Waals surface area contributed by atoms with Crippen LogP contribution < -0.4 is 10.6 Å². The Morgan fingerprint density at radius 2 is 1.12 bits per heavy atom. The fourth-order valence-electron chi connectivity index (χ4n) is 14.0. The minimum absolute atomic E-state index is 0.0880. The second kappa shape index (κ2) is 34.4. The van der Waals surface area contributed by atoms with Crippen molar-refractivity contribution in [3.63, 3.8) is 0 Å². The predicted molar refractivity (Wildman–Crippen MR) is 317 cm³/mol. The largest absolute Gasteiger partial charge is 0.453 e. The molecule has 6 fully saturated rings. The second-order valence-corrected chi connectivity index (χ2v) is 25.5. The van der Waals surface area contributed by atoms with E-state index in [0.29, 0.717) is 112 Å². The van der Waals surface area contributed by atoms with Crippen LogP contribution in [0.1, 0.15) is 166 Å². The lowest BCUT2D eigenvalue weighted by atomic mass is 9.76. The van der Waals surface area contributed by atoms with E-state index in [-0.39, 0.29) is 59.9 Å². The maximum absolute atomic E-state index is 13.8. The number of carbonyl (C=O) groups excluding carboxylic acids is 4. The highest BCUT2D eigenvalue weighted by Crippen LogP contribution is 2.41. The van der Waals surface area contributed by atoms with Crippen LogP contribution in [-0.2, 0) is 38.0 Å². The van der Waals surface area contributed by atoms with Gasteiger partial charge < -0.3 is 59.1 Å². The number of ether oxygens (including phenoxy) is 6. The van der Waals surface area contributed by atoms with Crippen molar-refractivity contribution >= 4 is 47.2 Å². The van der Waals surface area contributed by atoms with Gasteiger partial charge in [0.15, 0.2) is 0 Å². The number of benzene rings is 2. The molecular weight excluding hydrogens is 1090 g/mol. The van der Waals surface area contributed by atoms with Crippen molar-refractivity contribution in [2.24, 2.45) is 47.3 Å². The van der Waals surface area contributed by atoms with Gasteiger partial charge in [-0.05, 0) is 116 Å². The van der Waals surface area contributed by atoms with Crippen molar-refractivity contribution in [2.45, 2.75) is 179 Å². The zero-order chi connectivity index (χ0) is 58.4. The molecule has 8 rings (SSSR count). The van der Waals surface area contributed by atoms with Crippen molar-refractivity contribution in [2.75, 3.05) is 79.9 Å². The maximum atomic E-state index is 13.8. The first-order valence-electron chi connectivity index (χ1n) is 31.3. The number of nitrogens with zero attached hydrogens (tertiary/aromatic N) is 2. The summed E-state index contributed by atoms with van der Waals surface area (Å²) in [5.74, 6) is 2.17. The number of carbonyl (C=O) groups is 4. The minimum atomic E-state index is -0.615. The van der Waals surface area contributed by atoms with Crippen LogP contribution in [0.5, 0.6) is 0 Å². The molecule has 4 saturated heterocycles. The summed E-state index contributed by atoms with van der Waals surface area (Å²) in [6, 6.07) is 15.3. The Labute approximate surface area is 499 Å². The molecule has 4 amide bonds. The number of hydrogen-bond donors (Lipinski definition) is 4. The Morgan fingerprint density at radius 3 is 1.52 bits per heavy atom. The fourth-order valence-corrected chi connectivity index (χ4v) is 14.4. The minimum Gasteiger partial charge on any atom is -0.453 e. The van der Waals surface area contributed by atoms with Crippen LogP contribution in [0.4, 0.5) is 9.59 Å². The molecule has 2 aromatic rings. The Morgan fingerprint density at radius 1 is 0.646 bits per heavy atom. The Bertz CT molecular complexity index is 2120. The van der Waals surface area contributed by atoms with Crippen molar-refractivity contribution in [1.29, 1.82) is 0 Å². The Balaban J connectivity index is 0.000000236. The van der Waals surface area contributed by atoms with Gasteiger partial charge in [-0.3, -0.25) is 9.59 Å². The van der Waals surface area contributed by atoms with Crippen molar-refractivity contribution in [3.8, 4) is 0 Å². The van der Waals surface area contributed by atoms with Gasteiger partial charge in [-0.15, -0.1) is 0 Å². The van der Waals surface area contributed by atoms with Crippen LogP contribution in [0.25, 0.3) is 0 Å². The summed E-state index contributed by atoms with van der Waals surface area (Å²) in [6.07, 6.45) is 17.2. The summed E-state index contributed by atoms with van der Waals surface area (Å²) in [6.45, 7) is 9.56. The zero-order valence-corrected chi connectivity index (χ0v) is 51.1. The monoisotopic (exact) mass is 1180 g/mol. The molecule has 0 bridgehead atoms. The third kappa shape index (κ3) is 20.2. The quantitative estimate of drug-likeness (QED) is 0.0688. The lowest BCUT2D eigenvalue weighted by molar-refractivity contribution is -0.184. The first-order valence-corrected chi connectivity index (χ1v) is 32.0. The molecule has 2 saturated carbocycles. The number of rotatable bonds is 25. The maximum Gasteiger partial charge on any atom is 0.406 e. The van der Waals surface area contributed by atoms with Crippen LogP contribution in [0.2, 0.25) is 10.0 Å². The molecule has 4 aliphatic heterocycles. The summed E-state index contributed by atoms with van der Waals surface area (Å²) in [4.78, 5) is 54.5. The molecule has 4 N–H and O–H groups in total. The van der Waals surface area contributed by atoms with Crippen molar-refractivity contribution in [3.05, 3.63) is 69.7 Å². The molecule has 18 heteroatoms. The molecule has 0 spiro atoms. The van der Waals surface area contributed by atoms with E-state index in [4.69, 9.17) is 42.1 Å². The number of methoxy groups -OCH3 is 2. The van der Waals surface area contributed by atoms with Gasteiger partial charge in [0.05, 0.1) is 70.7 Å². The molecule has 16 nitrogen and oxygen atoms in total. The third-order valence-electron chi connectivity index (χ3n) is 18.5. The van der Waals surface area contributed by atoms with E-state index in [9.17, 15) is 29.4 Å². The third-order valence-corrected chi connectivity index (χ3v) is 19.0. The first-order chi connectivity index (χ1) is 39.7. The fraction of sp³-hybridized carbons (Fsp3) is 0.750. The molecule has 460 valence electrons. The van der Waals surface area contributed by atoms with Crippen LogP contribution in [0.15, 0.2) is 48.5 Å². The lowest BCUT2D eigenvalue weighted by Gasteiger charge is -2.43. The van der Waals surface area contributed by atoms with E-state index in [2.05, 4.69) is 34.0 Å². The highest BCUT2D eigenvalue weighted by molar-refractivity contribution is 6.30. The van der Waals surface area contributed by atoms with Crippen LogP contribution in [0.3, 0.4) is 0 Å². The number of amides is 4. The summed E-state index contributed by atoms with van der Waals surface area (Å²) in [5, 5.41) is 29.5. The highest BCUT2D eigenvalue weighted by Gasteiger charge is 2.43. The number of piperidine rings is 2. The van der Waals surface area contributed by atoms with Gasteiger partial charge >= 0.3 is 12.2 Å². The molecule has 82 heavy (non-hydrogen) atoms. The van der Waals surface area contributed by atoms with Gasteiger partial charge in [-0.25, -0.2) is 9.59 Å². The molecule has 12 unspecified atom stereocenters. The molecule has 12 atom stereocenters. The molecule has 4 heterocycles. The number of likely N-dealkylation sites (tertiary alicyclic amines) is 2. The van der Waals surface area contributed by atoms with E-state index in [1.54, 1.807) is 0 Å². The van der Waals surface area contributed by atoms with E-state index < -0.39 is 24.4 Å². The molecule has 0 aromatic heterocycles. The SMILES string of the molecule is CCC1COC1C(O)C(CC(=O)N1CCCC(C(OCCNC(=O)OC)c2cccc(Cl)c2)C1)CC1CCCCC1.COC(=O)NCCOC(c1cccc(Cl)c1)C1CCCN(C(=O)CC(CC2CCCCC2)C(O)C2CC(C)CO2)C1. The summed E-state index contributed by atoms with van der Waals surface area (Å²) >= 11 is 12.7. The number of aliphatic hydroxyl groups excluding tert-OH is 2. The summed E-state index contributed by atoms with van der Waals surface area (Å²) < 4.78 is 33.7. The second-order valence-electron chi connectivity index (χ2n) is 24.6. The molecule has 2 aromatic carbocycles. The lowest BCUT2D eigenvalue weighted by Crippen LogP contribution is -2.51. The average Bonchev–Trinajstić information content (AvgIpc) is 4.06. The smallest absolute Gasteiger partial charge is 0.406 e. The Hall–Kier alpha value is -3.74. The molecule has 6 aliphatic rings. The van der Waals surface area contributed by atoms with Gasteiger partial charge in [0.2, 0.25) is 11.8 Å². The number of aliphatic hydroxyl groups is 2. The number of nitrogens with one attached hydrogen (secondary N) is 2. The highest BCUT2D eigenvalue weighted by atomic mass is 35.5. The predicted octanol–water partition coefficient (Wildman–Crippen LogP) is 11.5. The van der Waals surface area contributed by atoms with E-state index in [0.717, 1.165) is 62.5 Å². The average molecular weight is 1190 g/mol. The standard InChI is InChI=1S/2C32H49ClN2O6/c1-22-16-28(41-21-22)30(37)26(17-23-8-4-3-5-9-23)19-29(36)35-14-7-11-25(20-35)31(24-10-6-12-27(33)18-24)40-15-13-34-32(38)39-2;1-3-23-21-41-31(23)29(37)26(17-22-9-5-4-6-10-22)19-28(36)35-15-8-12-25(20-35)30(24-11-7-13-27(33)18-24)40-16-14-34-32(38)39-2/h6,10,12,18,22-23,25-26,28,30-31,37H,3-5,7-9,11,13-17,19-21H2,1-2H3,(H,34,38);7,11,13,18,22-23,25-26,29-31,37H,3-6,8-10,12,14-17,19-21H2,1-2H3,(H,34,38). The summed E-state index contributed by atoms with van der Waals surface area (Å²) in [7, 11) is 2.66. The molecular formula is C64H98Cl2N4O12. The topological polar surface area (TPSA) is 195 Å². The van der Waals surface area contributed by atoms with E-state index >= 15 is 0 Å². The zero-order valence-electron chi connectivity index (χ0n) is 49.5. The Kier molecular flexibility index (Phi) is 27.6.